The molecule has 168 valence electrons. The maximum Gasteiger partial charge on any atom is 0.295 e. The lowest BCUT2D eigenvalue weighted by Gasteiger charge is -2.25. The first-order chi connectivity index (χ1) is 16.0. The average Bonchev–Trinajstić information content (AvgIpc) is 3.12. The molecular weight excluding hydrogens is 418 g/mol. The van der Waals surface area contributed by atoms with Crippen LogP contribution in [0.15, 0.2) is 84.4 Å². The van der Waals surface area contributed by atoms with E-state index in [1.165, 1.54) is 4.90 Å². The molecule has 3 aromatic rings. The Kier molecular flexibility index (Phi) is 6.45. The fraction of sp³-hybridized carbons (Fsp3) is 0.185. The summed E-state index contributed by atoms with van der Waals surface area (Å²) in [5.74, 6) is -0.325. The van der Waals surface area contributed by atoms with E-state index in [0.29, 0.717) is 35.6 Å². The number of carbonyl (C=O) groups is 2. The molecule has 4 rings (SSSR count). The number of aliphatic hydroxyl groups is 1. The zero-order valence-electron chi connectivity index (χ0n) is 18.5. The maximum atomic E-state index is 13.1. The molecule has 6 nitrogen and oxygen atoms in total. The van der Waals surface area contributed by atoms with E-state index in [9.17, 15) is 14.7 Å². The molecule has 0 spiro atoms. The number of aliphatic hydroxyl groups excluding tert-OH is 1. The molecule has 1 aliphatic heterocycles. The van der Waals surface area contributed by atoms with E-state index in [0.717, 1.165) is 5.56 Å². The Morgan fingerprint density at radius 3 is 2.24 bits per heavy atom. The summed E-state index contributed by atoms with van der Waals surface area (Å²) in [6.45, 7) is 0.329. The number of hydrogen-bond acceptors (Lipinski definition) is 5. The molecule has 1 saturated heterocycles. The summed E-state index contributed by atoms with van der Waals surface area (Å²) in [5.41, 5.74) is 2.24. The number of Topliss-reactive ketones (excluding diaryl/α,β-unsaturated/α-hetero) is 1. The lowest BCUT2D eigenvalue weighted by molar-refractivity contribution is -0.139. The van der Waals surface area contributed by atoms with Crippen LogP contribution >= 0.6 is 0 Å². The number of rotatable bonds is 7. The Labute approximate surface area is 192 Å². The second-order valence-corrected chi connectivity index (χ2v) is 7.73. The largest absolute Gasteiger partial charge is 0.507 e. The molecule has 0 aromatic heterocycles. The molecule has 1 heterocycles. The highest BCUT2D eigenvalue weighted by Gasteiger charge is 2.45. The molecule has 1 N–H and O–H groups in total. The average molecular weight is 443 g/mol. The quantitative estimate of drug-likeness (QED) is 0.333. The predicted octanol–water partition coefficient (Wildman–Crippen LogP) is 4.37. The van der Waals surface area contributed by atoms with E-state index in [4.69, 9.17) is 9.47 Å². The molecule has 0 saturated carbocycles. The summed E-state index contributed by atoms with van der Waals surface area (Å²) in [7, 11) is 3.11. The summed E-state index contributed by atoms with van der Waals surface area (Å²) in [6.07, 6.45) is 0.580. The van der Waals surface area contributed by atoms with Gasteiger partial charge in [0, 0.05) is 12.1 Å². The summed E-state index contributed by atoms with van der Waals surface area (Å²) >= 11 is 0. The number of ketones is 1. The molecule has 0 radical (unpaired) electrons. The third-order valence-corrected chi connectivity index (χ3v) is 5.80. The van der Waals surface area contributed by atoms with Gasteiger partial charge in [0.15, 0.2) is 0 Å². The number of likely N-dealkylation sites (tertiary alicyclic amines) is 1. The van der Waals surface area contributed by atoms with Gasteiger partial charge in [-0.2, -0.15) is 0 Å². The zero-order chi connectivity index (χ0) is 23.4. The fourth-order valence-corrected chi connectivity index (χ4v) is 4.07. The first kappa shape index (κ1) is 22.1. The van der Waals surface area contributed by atoms with Gasteiger partial charge in [0.1, 0.15) is 17.3 Å². The molecule has 1 amide bonds. The van der Waals surface area contributed by atoms with Crippen molar-refractivity contribution in [2.24, 2.45) is 0 Å². The first-order valence-electron chi connectivity index (χ1n) is 10.6. The molecule has 33 heavy (non-hydrogen) atoms. The normalized spacial score (nSPS) is 17.3. The second kappa shape index (κ2) is 9.61. The van der Waals surface area contributed by atoms with Gasteiger partial charge in [-0.15, -0.1) is 0 Å². The van der Waals surface area contributed by atoms with Crippen molar-refractivity contribution in [2.75, 3.05) is 20.8 Å². The van der Waals surface area contributed by atoms with E-state index >= 15 is 0 Å². The molecule has 1 unspecified atom stereocenters. The molecule has 1 aliphatic rings. The highest BCUT2D eigenvalue weighted by Crippen LogP contribution is 2.40. The number of methoxy groups -OCH3 is 2. The van der Waals surface area contributed by atoms with Crippen LogP contribution in [0.4, 0.5) is 0 Å². The van der Waals surface area contributed by atoms with E-state index in [-0.39, 0.29) is 11.3 Å². The van der Waals surface area contributed by atoms with E-state index < -0.39 is 17.7 Å². The highest BCUT2D eigenvalue weighted by atomic mass is 16.5. The first-order valence-corrected chi connectivity index (χ1v) is 10.6. The van der Waals surface area contributed by atoms with Crippen LogP contribution in [0.5, 0.6) is 11.5 Å². The molecule has 0 bridgehead atoms. The van der Waals surface area contributed by atoms with Gasteiger partial charge in [0.25, 0.3) is 11.7 Å². The molecule has 3 aromatic carbocycles. The Hall–Kier alpha value is -4.06. The SMILES string of the molecule is COc1ccc(/C(O)=C2\C(=O)C(=O)N(CCc3ccccc3)C2c2cccc(OC)c2)cc1. The third-order valence-electron chi connectivity index (χ3n) is 5.80. The number of benzene rings is 3. The molecule has 6 heteroatoms. The molecule has 0 aliphatic carbocycles. The second-order valence-electron chi connectivity index (χ2n) is 7.73. The summed E-state index contributed by atoms with van der Waals surface area (Å²) in [4.78, 5) is 27.8. The van der Waals surface area contributed by atoms with E-state index in [2.05, 4.69) is 0 Å². The highest BCUT2D eigenvalue weighted by molar-refractivity contribution is 6.46. The Morgan fingerprint density at radius 2 is 1.58 bits per heavy atom. The van der Waals surface area contributed by atoms with Gasteiger partial charge >= 0.3 is 0 Å². The van der Waals surface area contributed by atoms with Crippen LogP contribution in [0.3, 0.4) is 0 Å². The minimum absolute atomic E-state index is 0.0616. The van der Waals surface area contributed by atoms with Crippen molar-refractivity contribution in [3.8, 4) is 11.5 Å². The zero-order valence-corrected chi connectivity index (χ0v) is 18.5. The van der Waals surface area contributed by atoms with Crippen LogP contribution in [0, 0.1) is 0 Å². The number of carbonyl (C=O) groups excluding carboxylic acids is 2. The van der Waals surface area contributed by atoms with Gasteiger partial charge in [-0.05, 0) is 53.9 Å². The fourth-order valence-electron chi connectivity index (χ4n) is 4.07. The van der Waals surface area contributed by atoms with Gasteiger partial charge in [0.05, 0.1) is 25.8 Å². The Balaban J connectivity index is 1.79. The lowest BCUT2D eigenvalue weighted by Crippen LogP contribution is -2.31. The minimum atomic E-state index is -0.731. The van der Waals surface area contributed by atoms with Crippen LogP contribution in [-0.4, -0.2) is 42.5 Å². The smallest absolute Gasteiger partial charge is 0.295 e. The number of hydrogen-bond donors (Lipinski definition) is 1. The number of ether oxygens (including phenoxy) is 2. The molecule has 1 atom stereocenters. The standard InChI is InChI=1S/C27H25NO5/c1-32-21-13-11-19(12-14-21)25(29)23-24(20-9-6-10-22(17-20)33-2)28(27(31)26(23)30)16-15-18-7-4-3-5-8-18/h3-14,17,24,29H,15-16H2,1-2H3/b25-23+. The van der Waals surface area contributed by atoms with Gasteiger partial charge < -0.3 is 19.5 Å². The lowest BCUT2D eigenvalue weighted by atomic mass is 9.95. The predicted molar refractivity (Wildman–Crippen MR) is 125 cm³/mol. The topological polar surface area (TPSA) is 76.1 Å². The van der Waals surface area contributed by atoms with Gasteiger partial charge in [-0.3, -0.25) is 9.59 Å². The van der Waals surface area contributed by atoms with Gasteiger partial charge in [-0.1, -0.05) is 42.5 Å². The van der Waals surface area contributed by atoms with Crippen molar-refractivity contribution in [1.29, 1.82) is 0 Å². The molecular formula is C27H25NO5. The van der Waals surface area contributed by atoms with Crippen molar-refractivity contribution >= 4 is 17.4 Å². The van der Waals surface area contributed by atoms with Crippen molar-refractivity contribution in [3.05, 3.63) is 101 Å². The Bertz CT molecular complexity index is 1180. The van der Waals surface area contributed by atoms with Crippen LogP contribution in [-0.2, 0) is 16.0 Å². The van der Waals surface area contributed by atoms with E-state index in [1.54, 1.807) is 56.7 Å². The summed E-state index contributed by atoms with van der Waals surface area (Å²) < 4.78 is 10.5. The Morgan fingerprint density at radius 1 is 0.879 bits per heavy atom. The van der Waals surface area contributed by atoms with Gasteiger partial charge in [0.2, 0.25) is 0 Å². The van der Waals surface area contributed by atoms with Crippen molar-refractivity contribution < 1.29 is 24.2 Å². The number of amides is 1. The monoisotopic (exact) mass is 443 g/mol. The van der Waals surface area contributed by atoms with Crippen molar-refractivity contribution in [3.63, 3.8) is 0 Å². The maximum absolute atomic E-state index is 13.1. The van der Waals surface area contributed by atoms with E-state index in [1.807, 2.05) is 36.4 Å². The van der Waals surface area contributed by atoms with Crippen LogP contribution in [0.25, 0.3) is 5.76 Å². The third kappa shape index (κ3) is 4.46. The van der Waals surface area contributed by atoms with Gasteiger partial charge in [-0.25, -0.2) is 0 Å². The summed E-state index contributed by atoms with van der Waals surface area (Å²) in [5, 5.41) is 11.1. The van der Waals surface area contributed by atoms with Crippen molar-refractivity contribution in [1.82, 2.24) is 4.90 Å². The van der Waals surface area contributed by atoms with Crippen LogP contribution < -0.4 is 9.47 Å². The van der Waals surface area contributed by atoms with Crippen molar-refractivity contribution in [2.45, 2.75) is 12.5 Å². The number of nitrogens with zero attached hydrogens (tertiary/aromatic N) is 1. The minimum Gasteiger partial charge on any atom is -0.507 e. The van der Waals surface area contributed by atoms with Crippen LogP contribution in [0.1, 0.15) is 22.7 Å². The summed E-state index contributed by atoms with van der Waals surface area (Å²) in [6, 6.07) is 23.0. The molecule has 1 fully saturated rings. The van der Waals surface area contributed by atoms with Crippen LogP contribution in [0.2, 0.25) is 0 Å².